The SMILES string of the molecule is CC(C)(C)NCCCCSc1ccccc1. The molecule has 1 aromatic carbocycles. The molecule has 0 fully saturated rings. The molecule has 0 saturated carbocycles. The Morgan fingerprint density at radius 3 is 2.38 bits per heavy atom. The van der Waals surface area contributed by atoms with Crippen LogP contribution in [0, 0.1) is 0 Å². The van der Waals surface area contributed by atoms with Crippen LogP contribution in [0.3, 0.4) is 0 Å². The van der Waals surface area contributed by atoms with Gasteiger partial charge in [-0.3, -0.25) is 0 Å². The molecule has 1 N–H and O–H groups in total. The third kappa shape index (κ3) is 6.91. The minimum absolute atomic E-state index is 0.257. The molecule has 0 heterocycles. The van der Waals surface area contributed by atoms with E-state index in [1.165, 1.54) is 23.5 Å². The molecule has 0 aliphatic carbocycles. The average Bonchev–Trinajstić information content (AvgIpc) is 2.23. The fraction of sp³-hybridized carbons (Fsp3) is 0.571. The topological polar surface area (TPSA) is 12.0 Å². The highest BCUT2D eigenvalue weighted by Crippen LogP contribution is 2.18. The van der Waals surface area contributed by atoms with E-state index >= 15 is 0 Å². The molecule has 0 aromatic heterocycles. The lowest BCUT2D eigenvalue weighted by atomic mass is 10.1. The molecule has 0 atom stereocenters. The highest BCUT2D eigenvalue weighted by atomic mass is 32.2. The molecule has 1 aromatic rings. The van der Waals surface area contributed by atoms with Crippen molar-refractivity contribution in [1.29, 1.82) is 0 Å². The lowest BCUT2D eigenvalue weighted by Gasteiger charge is -2.20. The average molecular weight is 237 g/mol. The Bertz CT molecular complexity index is 277. The van der Waals surface area contributed by atoms with Gasteiger partial charge in [-0.05, 0) is 58.0 Å². The molecular weight excluding hydrogens is 214 g/mol. The second-order valence-corrected chi connectivity index (χ2v) is 6.21. The summed E-state index contributed by atoms with van der Waals surface area (Å²) in [7, 11) is 0. The Morgan fingerprint density at radius 1 is 1.06 bits per heavy atom. The maximum Gasteiger partial charge on any atom is 0.00965 e. The van der Waals surface area contributed by atoms with Gasteiger partial charge in [0.25, 0.3) is 0 Å². The second kappa shape index (κ2) is 6.97. The van der Waals surface area contributed by atoms with E-state index in [4.69, 9.17) is 0 Å². The third-order valence-electron chi connectivity index (χ3n) is 2.24. The van der Waals surface area contributed by atoms with Crippen molar-refractivity contribution in [2.75, 3.05) is 12.3 Å². The predicted octanol–water partition coefficient (Wildman–Crippen LogP) is 3.95. The molecule has 1 nitrogen and oxygen atoms in total. The molecule has 90 valence electrons. The van der Waals surface area contributed by atoms with Gasteiger partial charge in [0.1, 0.15) is 0 Å². The highest BCUT2D eigenvalue weighted by Gasteiger charge is 2.06. The zero-order valence-electron chi connectivity index (χ0n) is 10.6. The summed E-state index contributed by atoms with van der Waals surface area (Å²) in [5.41, 5.74) is 0.257. The Morgan fingerprint density at radius 2 is 1.75 bits per heavy atom. The molecule has 0 aliphatic rings. The lowest BCUT2D eigenvalue weighted by molar-refractivity contribution is 0.421. The van der Waals surface area contributed by atoms with Crippen molar-refractivity contribution in [3.05, 3.63) is 30.3 Å². The van der Waals surface area contributed by atoms with Crippen LogP contribution in [-0.4, -0.2) is 17.8 Å². The van der Waals surface area contributed by atoms with Gasteiger partial charge in [-0.15, -0.1) is 11.8 Å². The van der Waals surface area contributed by atoms with Crippen LogP contribution >= 0.6 is 11.8 Å². The van der Waals surface area contributed by atoms with Crippen molar-refractivity contribution >= 4 is 11.8 Å². The van der Waals surface area contributed by atoms with Crippen LogP contribution in [0.25, 0.3) is 0 Å². The molecule has 16 heavy (non-hydrogen) atoms. The Balaban J connectivity index is 2.01. The number of benzene rings is 1. The number of thioether (sulfide) groups is 1. The standard InChI is InChI=1S/C14H23NS/c1-14(2,3)15-11-7-8-12-16-13-9-5-4-6-10-13/h4-6,9-10,15H,7-8,11-12H2,1-3H3. The van der Waals surface area contributed by atoms with Gasteiger partial charge >= 0.3 is 0 Å². The zero-order chi connectivity index (χ0) is 11.9. The summed E-state index contributed by atoms with van der Waals surface area (Å²) < 4.78 is 0. The number of unbranched alkanes of at least 4 members (excludes halogenated alkanes) is 1. The molecule has 0 unspecified atom stereocenters. The van der Waals surface area contributed by atoms with E-state index in [1.54, 1.807) is 0 Å². The van der Waals surface area contributed by atoms with E-state index in [-0.39, 0.29) is 5.54 Å². The van der Waals surface area contributed by atoms with Crippen LogP contribution in [0.5, 0.6) is 0 Å². The highest BCUT2D eigenvalue weighted by molar-refractivity contribution is 7.99. The molecular formula is C14H23NS. The summed E-state index contributed by atoms with van der Waals surface area (Å²) in [6.07, 6.45) is 2.54. The van der Waals surface area contributed by atoms with Gasteiger partial charge in [0, 0.05) is 10.4 Å². The summed E-state index contributed by atoms with van der Waals surface area (Å²) in [5, 5.41) is 3.51. The van der Waals surface area contributed by atoms with E-state index in [0.29, 0.717) is 0 Å². The molecule has 1 rings (SSSR count). The maximum absolute atomic E-state index is 3.51. The molecule has 0 radical (unpaired) electrons. The molecule has 0 bridgehead atoms. The van der Waals surface area contributed by atoms with Gasteiger partial charge < -0.3 is 5.32 Å². The van der Waals surface area contributed by atoms with Crippen molar-refractivity contribution in [3.63, 3.8) is 0 Å². The normalized spacial score (nSPS) is 11.7. The van der Waals surface area contributed by atoms with Crippen LogP contribution in [0.15, 0.2) is 35.2 Å². The fourth-order valence-electron chi connectivity index (χ4n) is 1.40. The van der Waals surface area contributed by atoms with Crippen LogP contribution in [0.4, 0.5) is 0 Å². The van der Waals surface area contributed by atoms with Gasteiger partial charge in [-0.2, -0.15) is 0 Å². The second-order valence-electron chi connectivity index (χ2n) is 5.05. The van der Waals surface area contributed by atoms with Gasteiger partial charge in [-0.25, -0.2) is 0 Å². The van der Waals surface area contributed by atoms with Crippen molar-refractivity contribution in [2.24, 2.45) is 0 Å². The Hall–Kier alpha value is -0.470. The summed E-state index contributed by atoms with van der Waals surface area (Å²) in [5.74, 6) is 1.22. The quantitative estimate of drug-likeness (QED) is 0.594. The first-order valence-corrected chi connectivity index (χ1v) is 6.99. The minimum atomic E-state index is 0.257. The minimum Gasteiger partial charge on any atom is -0.312 e. The largest absolute Gasteiger partial charge is 0.312 e. The Labute approximate surface area is 104 Å². The van der Waals surface area contributed by atoms with Crippen LogP contribution < -0.4 is 5.32 Å². The van der Waals surface area contributed by atoms with Gasteiger partial charge in [0.05, 0.1) is 0 Å². The first-order chi connectivity index (χ1) is 7.58. The van der Waals surface area contributed by atoms with Crippen molar-refractivity contribution < 1.29 is 0 Å². The Kier molecular flexibility index (Phi) is 5.93. The van der Waals surface area contributed by atoms with Gasteiger partial charge in [-0.1, -0.05) is 18.2 Å². The van der Waals surface area contributed by atoms with Gasteiger partial charge in [0.2, 0.25) is 0 Å². The van der Waals surface area contributed by atoms with Crippen molar-refractivity contribution in [1.82, 2.24) is 5.32 Å². The predicted molar refractivity (Wildman–Crippen MR) is 74.2 cm³/mol. The third-order valence-corrected chi connectivity index (χ3v) is 3.34. The summed E-state index contributed by atoms with van der Waals surface area (Å²) in [4.78, 5) is 1.38. The van der Waals surface area contributed by atoms with E-state index in [1.807, 2.05) is 11.8 Å². The van der Waals surface area contributed by atoms with E-state index in [0.717, 1.165) is 6.54 Å². The summed E-state index contributed by atoms with van der Waals surface area (Å²) >= 11 is 1.95. The van der Waals surface area contributed by atoms with E-state index in [2.05, 4.69) is 56.4 Å². The van der Waals surface area contributed by atoms with E-state index < -0.39 is 0 Å². The fourth-order valence-corrected chi connectivity index (χ4v) is 2.33. The number of nitrogens with one attached hydrogen (secondary N) is 1. The van der Waals surface area contributed by atoms with Crippen molar-refractivity contribution in [3.8, 4) is 0 Å². The van der Waals surface area contributed by atoms with Crippen LogP contribution in [0.1, 0.15) is 33.6 Å². The van der Waals surface area contributed by atoms with Crippen molar-refractivity contribution in [2.45, 2.75) is 44.0 Å². The zero-order valence-corrected chi connectivity index (χ0v) is 11.4. The first-order valence-electron chi connectivity index (χ1n) is 6.01. The molecule has 0 aliphatic heterocycles. The number of hydrogen-bond acceptors (Lipinski definition) is 2. The van der Waals surface area contributed by atoms with Crippen LogP contribution in [0.2, 0.25) is 0 Å². The van der Waals surface area contributed by atoms with Crippen LogP contribution in [-0.2, 0) is 0 Å². The molecule has 0 spiro atoms. The molecule has 0 amide bonds. The summed E-state index contributed by atoms with van der Waals surface area (Å²) in [6, 6.07) is 10.6. The maximum atomic E-state index is 3.51. The lowest BCUT2D eigenvalue weighted by Crippen LogP contribution is -2.36. The smallest absolute Gasteiger partial charge is 0.00965 e. The monoisotopic (exact) mass is 237 g/mol. The molecule has 2 heteroatoms. The summed E-state index contributed by atoms with van der Waals surface area (Å²) in [6.45, 7) is 7.77. The van der Waals surface area contributed by atoms with Gasteiger partial charge in [0.15, 0.2) is 0 Å². The number of rotatable bonds is 6. The number of hydrogen-bond donors (Lipinski definition) is 1. The first kappa shape index (κ1) is 13.6. The molecule has 0 saturated heterocycles. The van der Waals surface area contributed by atoms with E-state index in [9.17, 15) is 0 Å².